The van der Waals surface area contributed by atoms with Gasteiger partial charge in [0.1, 0.15) is 0 Å². The molecule has 1 aromatic rings. The zero-order valence-electron chi connectivity index (χ0n) is 11.4. The molecule has 6 nitrogen and oxygen atoms in total. The van der Waals surface area contributed by atoms with E-state index in [9.17, 15) is 4.79 Å². The van der Waals surface area contributed by atoms with E-state index in [2.05, 4.69) is 10.4 Å². The van der Waals surface area contributed by atoms with Crippen LogP contribution in [0, 0.1) is 6.92 Å². The van der Waals surface area contributed by atoms with Crippen molar-refractivity contribution in [3.05, 3.63) is 11.3 Å². The highest BCUT2D eigenvalue weighted by Crippen LogP contribution is 2.29. The van der Waals surface area contributed by atoms with Gasteiger partial charge in [0.15, 0.2) is 0 Å². The fourth-order valence-electron chi connectivity index (χ4n) is 2.07. The molecule has 1 heterocycles. The van der Waals surface area contributed by atoms with Gasteiger partial charge >= 0.3 is 5.97 Å². The lowest BCUT2D eigenvalue weighted by Gasteiger charge is -2.17. The molecule has 0 radical (unpaired) electrons. The standard InChI is InChI=1S/C12H21N3O3/c1-5-6-13-9(7-10(16)17)11-8(2)14-15(3)12(11)18-4/h9,13H,5-7H2,1-4H3,(H,16,17). The highest BCUT2D eigenvalue weighted by Gasteiger charge is 2.24. The first-order valence-corrected chi connectivity index (χ1v) is 6.03. The summed E-state index contributed by atoms with van der Waals surface area (Å²) in [6.07, 6.45) is 0.959. The van der Waals surface area contributed by atoms with Crippen molar-refractivity contribution in [2.75, 3.05) is 13.7 Å². The SMILES string of the molecule is CCCNC(CC(=O)O)c1c(C)nn(C)c1OC. The van der Waals surface area contributed by atoms with Crippen molar-refractivity contribution in [1.29, 1.82) is 0 Å². The number of hydrogen-bond donors (Lipinski definition) is 2. The first kappa shape index (κ1) is 14.5. The van der Waals surface area contributed by atoms with Crippen LogP contribution in [0.5, 0.6) is 5.88 Å². The smallest absolute Gasteiger partial charge is 0.305 e. The fraction of sp³-hybridized carbons (Fsp3) is 0.667. The topological polar surface area (TPSA) is 76.4 Å². The molecule has 0 saturated heterocycles. The molecule has 18 heavy (non-hydrogen) atoms. The summed E-state index contributed by atoms with van der Waals surface area (Å²) in [6.45, 7) is 4.66. The highest BCUT2D eigenvalue weighted by atomic mass is 16.5. The molecule has 0 aliphatic carbocycles. The molecule has 1 rings (SSSR count). The largest absolute Gasteiger partial charge is 0.481 e. The zero-order chi connectivity index (χ0) is 13.7. The lowest BCUT2D eigenvalue weighted by atomic mass is 10.0. The first-order chi connectivity index (χ1) is 8.51. The fourth-order valence-corrected chi connectivity index (χ4v) is 2.07. The minimum Gasteiger partial charge on any atom is -0.481 e. The van der Waals surface area contributed by atoms with E-state index in [0.717, 1.165) is 24.2 Å². The van der Waals surface area contributed by atoms with Crippen LogP contribution < -0.4 is 10.1 Å². The first-order valence-electron chi connectivity index (χ1n) is 6.03. The Morgan fingerprint density at radius 2 is 2.28 bits per heavy atom. The third-order valence-corrected chi connectivity index (χ3v) is 2.78. The number of nitrogens with one attached hydrogen (secondary N) is 1. The van der Waals surface area contributed by atoms with Gasteiger partial charge < -0.3 is 15.2 Å². The molecule has 102 valence electrons. The maximum atomic E-state index is 11.0. The number of carbonyl (C=O) groups is 1. The van der Waals surface area contributed by atoms with Crippen LogP contribution in [0.25, 0.3) is 0 Å². The summed E-state index contributed by atoms with van der Waals surface area (Å²) >= 11 is 0. The molecule has 6 heteroatoms. The summed E-state index contributed by atoms with van der Waals surface area (Å²) in [7, 11) is 3.35. The Hall–Kier alpha value is -1.56. The second-order valence-electron chi connectivity index (χ2n) is 4.24. The summed E-state index contributed by atoms with van der Waals surface area (Å²) in [5, 5.41) is 16.5. The van der Waals surface area contributed by atoms with Gasteiger partial charge in [-0.1, -0.05) is 6.92 Å². The van der Waals surface area contributed by atoms with Crippen molar-refractivity contribution in [3.63, 3.8) is 0 Å². The molecule has 0 bridgehead atoms. The van der Waals surface area contributed by atoms with Gasteiger partial charge in [-0.3, -0.25) is 4.79 Å². The summed E-state index contributed by atoms with van der Waals surface area (Å²) < 4.78 is 6.94. The maximum Gasteiger partial charge on any atom is 0.305 e. The van der Waals surface area contributed by atoms with Crippen molar-refractivity contribution in [2.45, 2.75) is 32.7 Å². The summed E-state index contributed by atoms with van der Waals surface area (Å²) in [5.74, 6) is -0.226. The Balaban J connectivity index is 3.06. The molecule has 1 unspecified atom stereocenters. The lowest BCUT2D eigenvalue weighted by molar-refractivity contribution is -0.137. The number of methoxy groups -OCH3 is 1. The van der Waals surface area contributed by atoms with Gasteiger partial charge in [-0.05, 0) is 19.9 Å². The minimum atomic E-state index is -0.839. The Labute approximate surface area is 107 Å². The quantitative estimate of drug-likeness (QED) is 0.767. The number of aromatic nitrogens is 2. The monoisotopic (exact) mass is 255 g/mol. The predicted molar refractivity (Wildman–Crippen MR) is 67.8 cm³/mol. The van der Waals surface area contributed by atoms with E-state index >= 15 is 0 Å². The highest BCUT2D eigenvalue weighted by molar-refractivity contribution is 5.68. The average Bonchev–Trinajstić information content (AvgIpc) is 2.58. The molecule has 0 aliphatic heterocycles. The number of ether oxygens (including phenoxy) is 1. The maximum absolute atomic E-state index is 11.0. The molecule has 1 atom stereocenters. The van der Waals surface area contributed by atoms with E-state index in [0.29, 0.717) is 5.88 Å². The Morgan fingerprint density at radius 1 is 1.61 bits per heavy atom. The van der Waals surface area contributed by atoms with E-state index in [1.165, 1.54) is 0 Å². The van der Waals surface area contributed by atoms with Crippen LogP contribution >= 0.6 is 0 Å². The minimum absolute atomic E-state index is 0.0168. The third-order valence-electron chi connectivity index (χ3n) is 2.78. The van der Waals surface area contributed by atoms with Crippen LogP contribution in [0.4, 0.5) is 0 Å². The second-order valence-corrected chi connectivity index (χ2v) is 4.24. The Bertz CT molecular complexity index is 415. The number of hydrogen-bond acceptors (Lipinski definition) is 4. The van der Waals surface area contributed by atoms with Crippen LogP contribution in [0.15, 0.2) is 0 Å². The molecule has 0 spiro atoms. The molecule has 1 aromatic heterocycles. The number of aryl methyl sites for hydroxylation is 2. The molecular formula is C12H21N3O3. The average molecular weight is 255 g/mol. The van der Waals surface area contributed by atoms with E-state index in [-0.39, 0.29) is 12.5 Å². The summed E-state index contributed by atoms with van der Waals surface area (Å²) in [6, 6.07) is -0.272. The van der Waals surface area contributed by atoms with Crippen LogP contribution in [0.3, 0.4) is 0 Å². The van der Waals surface area contributed by atoms with E-state index in [1.54, 1.807) is 18.8 Å². The van der Waals surface area contributed by atoms with Crippen molar-refractivity contribution < 1.29 is 14.6 Å². The number of nitrogens with zero attached hydrogens (tertiary/aromatic N) is 2. The van der Waals surface area contributed by atoms with Crippen molar-refractivity contribution in [2.24, 2.45) is 7.05 Å². The zero-order valence-corrected chi connectivity index (χ0v) is 11.4. The molecule has 0 fully saturated rings. The van der Waals surface area contributed by atoms with Gasteiger partial charge in [0.25, 0.3) is 0 Å². The van der Waals surface area contributed by atoms with Crippen LogP contribution in [0.2, 0.25) is 0 Å². The van der Waals surface area contributed by atoms with Crippen LogP contribution in [0.1, 0.15) is 37.1 Å². The number of aliphatic carboxylic acids is 1. The van der Waals surface area contributed by atoms with Gasteiger partial charge in [-0.2, -0.15) is 5.10 Å². The second kappa shape index (κ2) is 6.39. The molecular weight excluding hydrogens is 234 g/mol. The van der Waals surface area contributed by atoms with Crippen molar-refractivity contribution in [3.8, 4) is 5.88 Å². The summed E-state index contributed by atoms with van der Waals surface area (Å²) in [4.78, 5) is 11.0. The lowest BCUT2D eigenvalue weighted by Crippen LogP contribution is -2.25. The molecule has 0 saturated carbocycles. The number of carboxylic acid groups (broad SMARTS) is 1. The van der Waals surface area contributed by atoms with Crippen molar-refractivity contribution >= 4 is 5.97 Å². The van der Waals surface area contributed by atoms with Gasteiger partial charge in [0.2, 0.25) is 5.88 Å². The van der Waals surface area contributed by atoms with Crippen LogP contribution in [-0.4, -0.2) is 34.5 Å². The van der Waals surface area contributed by atoms with Gasteiger partial charge in [-0.15, -0.1) is 0 Å². The van der Waals surface area contributed by atoms with E-state index in [4.69, 9.17) is 9.84 Å². The molecule has 0 aliphatic rings. The predicted octanol–water partition coefficient (Wildman–Crippen LogP) is 1.25. The van der Waals surface area contributed by atoms with Gasteiger partial charge in [0, 0.05) is 13.1 Å². The molecule has 0 amide bonds. The summed E-state index contributed by atoms with van der Waals surface area (Å²) in [5.41, 5.74) is 1.63. The van der Waals surface area contributed by atoms with Crippen molar-refractivity contribution in [1.82, 2.24) is 15.1 Å². The number of rotatable bonds is 7. The normalized spacial score (nSPS) is 12.4. The molecule has 2 N–H and O–H groups in total. The number of carboxylic acids is 1. The molecule has 0 aromatic carbocycles. The van der Waals surface area contributed by atoms with E-state index in [1.807, 2.05) is 13.8 Å². The Kier molecular flexibility index (Phi) is 5.15. The van der Waals surface area contributed by atoms with Gasteiger partial charge in [0.05, 0.1) is 24.8 Å². The van der Waals surface area contributed by atoms with E-state index < -0.39 is 5.97 Å². The van der Waals surface area contributed by atoms with Crippen LogP contribution in [-0.2, 0) is 11.8 Å². The van der Waals surface area contributed by atoms with Gasteiger partial charge in [-0.25, -0.2) is 4.68 Å². The Morgan fingerprint density at radius 3 is 2.78 bits per heavy atom. The third kappa shape index (κ3) is 3.22.